The largest absolute Gasteiger partial charge is 0.462 e. The lowest BCUT2D eigenvalue weighted by atomic mass is 9.77. The summed E-state index contributed by atoms with van der Waals surface area (Å²) in [5, 5.41) is 16.8. The van der Waals surface area contributed by atoms with Crippen molar-refractivity contribution in [1.29, 1.82) is 0 Å². The molecule has 1 unspecified atom stereocenters. The van der Waals surface area contributed by atoms with Crippen molar-refractivity contribution >= 4 is 12.3 Å². The second-order valence-corrected chi connectivity index (χ2v) is 9.80. The van der Waals surface area contributed by atoms with E-state index < -0.39 is 5.97 Å². The molecular weight excluding hydrogens is 480 g/mol. The van der Waals surface area contributed by atoms with Crippen LogP contribution in [0.4, 0.5) is 0 Å². The zero-order valence-electron chi connectivity index (χ0n) is 24.0. The molecule has 0 radical (unpaired) electrons. The number of unbranched alkanes of at least 4 members (excludes halogenated alkanes) is 2. The Labute approximate surface area is 231 Å². The van der Waals surface area contributed by atoms with Crippen LogP contribution in [-0.2, 0) is 19.1 Å². The number of hydrogen-bond donors (Lipinski definition) is 2. The molecule has 0 spiro atoms. The summed E-state index contributed by atoms with van der Waals surface area (Å²) in [5.41, 5.74) is 2.85. The third kappa shape index (κ3) is 15.9. The quantitative estimate of drug-likeness (QED) is 0.116. The Kier molecular flexibility index (Phi) is 22.4. The summed E-state index contributed by atoms with van der Waals surface area (Å²) in [6, 6.07) is 8.80. The van der Waals surface area contributed by atoms with E-state index in [9.17, 15) is 4.79 Å². The van der Waals surface area contributed by atoms with Crippen molar-refractivity contribution < 1.29 is 29.3 Å². The molecule has 0 aromatic heterocycles. The van der Waals surface area contributed by atoms with Crippen molar-refractivity contribution in [1.82, 2.24) is 0 Å². The Morgan fingerprint density at radius 3 is 2.11 bits per heavy atom. The lowest BCUT2D eigenvalue weighted by Crippen LogP contribution is -2.18. The molecule has 0 aliphatic heterocycles. The second kappa shape index (κ2) is 23.8. The van der Waals surface area contributed by atoms with Crippen molar-refractivity contribution in [3.8, 4) is 0 Å². The fraction of sp³-hybridized carbons (Fsp3) is 0.625. The number of benzene rings is 1. The fourth-order valence-electron chi connectivity index (χ4n) is 4.46. The molecule has 2 rings (SSSR count). The molecule has 1 saturated carbocycles. The number of allylic oxidation sites excluding steroid dienone is 1. The van der Waals surface area contributed by atoms with Crippen LogP contribution >= 0.6 is 0 Å². The Hall–Kier alpha value is -2.28. The molecule has 38 heavy (non-hydrogen) atoms. The number of hydrogen-bond acceptors (Lipinski definition) is 6. The van der Waals surface area contributed by atoms with Gasteiger partial charge in [-0.25, -0.2) is 4.79 Å². The highest BCUT2D eigenvalue weighted by atomic mass is 16.5. The maximum Gasteiger partial charge on any atom is 0.333 e. The van der Waals surface area contributed by atoms with Gasteiger partial charge >= 0.3 is 5.97 Å². The van der Waals surface area contributed by atoms with Gasteiger partial charge in [-0.3, -0.25) is 4.79 Å². The lowest BCUT2D eigenvalue weighted by Gasteiger charge is -2.29. The lowest BCUT2D eigenvalue weighted by molar-refractivity contribution is -0.140. The molecule has 0 amide bonds. The van der Waals surface area contributed by atoms with Crippen LogP contribution in [-0.4, -0.2) is 56.0 Å². The van der Waals surface area contributed by atoms with Gasteiger partial charge in [-0.05, 0) is 61.1 Å². The van der Waals surface area contributed by atoms with Gasteiger partial charge in [0.1, 0.15) is 12.9 Å². The van der Waals surface area contributed by atoms with E-state index in [0.29, 0.717) is 31.0 Å². The van der Waals surface area contributed by atoms with Gasteiger partial charge in [0.15, 0.2) is 0 Å². The minimum atomic E-state index is -0.447. The van der Waals surface area contributed by atoms with Crippen molar-refractivity contribution in [2.75, 3.05) is 33.5 Å². The highest BCUT2D eigenvalue weighted by molar-refractivity contribution is 5.87. The van der Waals surface area contributed by atoms with Gasteiger partial charge in [-0.1, -0.05) is 77.0 Å². The predicted octanol–water partition coefficient (Wildman–Crippen LogP) is 6.51. The third-order valence-corrected chi connectivity index (χ3v) is 6.75. The first kappa shape index (κ1) is 35.7. The molecule has 0 bridgehead atoms. The monoisotopic (exact) mass is 532 g/mol. The van der Waals surface area contributed by atoms with E-state index in [1.165, 1.54) is 63.0 Å². The standard InChI is InChI=1S/C26H40O4.C3H8O.C3H4O/c1-4-5-6-7-21-8-10-22(11-9-21)23-12-14-24(15-13-23)25(18-29-3)19-30-26(28)20(2)16-17-27;2*1-2-3-4/h12-15,21-22,25,27H,2,4-11,16-19H2,1,3H3;4H,2-3H2,1H3;2-3H,1H2. The number of carbonyl (C=O) groups excluding carboxylic acids is 2. The highest BCUT2D eigenvalue weighted by Crippen LogP contribution is 2.38. The van der Waals surface area contributed by atoms with Crippen LogP contribution in [0, 0.1) is 5.92 Å². The molecule has 1 atom stereocenters. The topological polar surface area (TPSA) is 93.1 Å². The van der Waals surface area contributed by atoms with E-state index in [1.807, 2.05) is 6.92 Å². The van der Waals surface area contributed by atoms with Gasteiger partial charge < -0.3 is 19.7 Å². The maximum atomic E-state index is 12.0. The van der Waals surface area contributed by atoms with Crippen molar-refractivity contribution in [2.24, 2.45) is 5.92 Å². The average Bonchev–Trinajstić information content (AvgIpc) is 2.96. The van der Waals surface area contributed by atoms with Crippen LogP contribution < -0.4 is 0 Å². The number of aldehydes is 1. The molecule has 6 heteroatoms. The highest BCUT2D eigenvalue weighted by Gasteiger charge is 2.23. The zero-order chi connectivity index (χ0) is 28.6. The zero-order valence-corrected chi connectivity index (χ0v) is 24.0. The Morgan fingerprint density at radius 1 is 1.03 bits per heavy atom. The summed E-state index contributed by atoms with van der Waals surface area (Å²) >= 11 is 0. The summed E-state index contributed by atoms with van der Waals surface area (Å²) in [6.45, 7) is 11.9. The van der Waals surface area contributed by atoms with Gasteiger partial charge in [-0.2, -0.15) is 0 Å². The molecule has 6 nitrogen and oxygen atoms in total. The summed E-state index contributed by atoms with van der Waals surface area (Å²) in [6.07, 6.45) is 13.7. The van der Waals surface area contributed by atoms with Crippen LogP contribution in [0.15, 0.2) is 49.1 Å². The summed E-state index contributed by atoms with van der Waals surface area (Å²) in [7, 11) is 1.66. The average molecular weight is 533 g/mol. The maximum absolute atomic E-state index is 12.0. The fourth-order valence-corrected chi connectivity index (χ4v) is 4.46. The molecular formula is C32H52O6. The van der Waals surface area contributed by atoms with E-state index in [4.69, 9.17) is 24.5 Å². The first-order valence-corrected chi connectivity index (χ1v) is 14.1. The van der Waals surface area contributed by atoms with E-state index in [1.54, 1.807) is 7.11 Å². The van der Waals surface area contributed by atoms with E-state index in [0.717, 1.165) is 17.9 Å². The van der Waals surface area contributed by atoms with Crippen molar-refractivity contribution in [2.45, 2.75) is 89.9 Å². The predicted molar refractivity (Wildman–Crippen MR) is 155 cm³/mol. The number of aliphatic hydroxyl groups excluding tert-OH is 2. The van der Waals surface area contributed by atoms with Crippen LogP contribution in [0.25, 0.3) is 0 Å². The first-order chi connectivity index (χ1) is 18.4. The minimum Gasteiger partial charge on any atom is -0.462 e. The second-order valence-electron chi connectivity index (χ2n) is 9.80. The molecule has 1 aliphatic rings. The SMILES string of the molecule is C=C(CCO)C(=O)OCC(COC)c1ccc(C2CCC(CCCCC)CC2)cc1.C=CC=O.CCCO. The van der Waals surface area contributed by atoms with Crippen molar-refractivity contribution in [3.05, 3.63) is 60.2 Å². The number of esters is 1. The van der Waals surface area contributed by atoms with Gasteiger partial charge in [0.25, 0.3) is 0 Å². The normalized spacial score (nSPS) is 17.1. The third-order valence-electron chi connectivity index (χ3n) is 6.75. The summed E-state index contributed by atoms with van der Waals surface area (Å²) in [5.74, 6) is 1.14. The van der Waals surface area contributed by atoms with Gasteiger partial charge in [0, 0.05) is 38.2 Å². The van der Waals surface area contributed by atoms with Gasteiger partial charge in [-0.15, -0.1) is 0 Å². The molecule has 0 heterocycles. The van der Waals surface area contributed by atoms with Gasteiger partial charge in [0.05, 0.1) is 6.61 Å². The Balaban J connectivity index is 0.00000150. The van der Waals surface area contributed by atoms with Crippen LogP contribution in [0.2, 0.25) is 0 Å². The van der Waals surface area contributed by atoms with Gasteiger partial charge in [0.2, 0.25) is 0 Å². The van der Waals surface area contributed by atoms with Crippen molar-refractivity contribution in [3.63, 3.8) is 0 Å². The summed E-state index contributed by atoms with van der Waals surface area (Å²) < 4.78 is 10.7. The molecule has 1 aromatic carbocycles. The van der Waals surface area contributed by atoms with Crippen LogP contribution in [0.5, 0.6) is 0 Å². The molecule has 2 N–H and O–H groups in total. The number of methoxy groups -OCH3 is 1. The molecule has 216 valence electrons. The van der Waals surface area contributed by atoms with E-state index in [2.05, 4.69) is 44.3 Å². The minimum absolute atomic E-state index is 0.00997. The molecule has 0 saturated heterocycles. The summed E-state index contributed by atoms with van der Waals surface area (Å²) in [4.78, 5) is 21.0. The van der Waals surface area contributed by atoms with Crippen LogP contribution in [0.1, 0.15) is 101 Å². The van der Waals surface area contributed by atoms with E-state index in [-0.39, 0.29) is 25.6 Å². The van der Waals surface area contributed by atoms with Crippen LogP contribution in [0.3, 0.4) is 0 Å². The number of rotatable bonds is 15. The molecule has 1 aromatic rings. The Bertz CT molecular complexity index is 742. The number of ether oxygens (including phenoxy) is 2. The first-order valence-electron chi connectivity index (χ1n) is 14.1. The molecule has 1 fully saturated rings. The van der Waals surface area contributed by atoms with E-state index >= 15 is 0 Å². The molecule has 1 aliphatic carbocycles. The number of aliphatic hydroxyl groups is 2. The smallest absolute Gasteiger partial charge is 0.333 e. The number of carbonyl (C=O) groups is 2. The Morgan fingerprint density at radius 2 is 1.63 bits per heavy atom.